The highest BCUT2D eigenvalue weighted by atomic mass is 16.5. The molecular weight excluding hydrogens is 127 g/mol. The van der Waals surface area contributed by atoms with E-state index in [0.717, 1.165) is 5.46 Å². The van der Waals surface area contributed by atoms with Crippen LogP contribution in [0.5, 0.6) is 5.88 Å². The predicted octanol–water partition coefficient (Wildman–Crippen LogP) is -1.07. The zero-order valence-corrected chi connectivity index (χ0v) is 6.09. The van der Waals surface area contributed by atoms with Gasteiger partial charge in [0.1, 0.15) is 7.85 Å². The third-order valence-electron chi connectivity index (χ3n) is 1.39. The van der Waals surface area contributed by atoms with Crippen molar-refractivity contribution in [3.8, 4) is 5.88 Å². The first-order valence-electron chi connectivity index (χ1n) is 3.00. The molecule has 0 unspecified atom stereocenters. The Morgan fingerprint density at radius 2 is 2.40 bits per heavy atom. The van der Waals surface area contributed by atoms with Crippen LogP contribution in [0.4, 0.5) is 5.69 Å². The van der Waals surface area contributed by atoms with Gasteiger partial charge in [0.15, 0.2) is 0 Å². The Hall–Kier alpha value is -1.19. The smallest absolute Gasteiger partial charge is 0.208 e. The van der Waals surface area contributed by atoms with Crippen LogP contribution in [0, 0.1) is 0 Å². The lowest BCUT2D eigenvalue weighted by atomic mass is 9.96. The zero-order chi connectivity index (χ0) is 7.56. The fourth-order valence-corrected chi connectivity index (χ4v) is 0.736. The molecule has 0 atom stereocenters. The second-order valence-corrected chi connectivity index (χ2v) is 2.03. The molecule has 1 aromatic heterocycles. The number of rotatable bonds is 1. The summed E-state index contributed by atoms with van der Waals surface area (Å²) in [4.78, 5) is 3.96. The van der Waals surface area contributed by atoms with E-state index in [4.69, 9.17) is 10.5 Å². The summed E-state index contributed by atoms with van der Waals surface area (Å²) < 4.78 is 4.93. The van der Waals surface area contributed by atoms with Crippen LogP contribution in [0.15, 0.2) is 12.3 Å². The van der Waals surface area contributed by atoms with Gasteiger partial charge in [-0.1, -0.05) is 0 Å². The normalized spacial score (nSPS) is 9.30. The fourth-order valence-electron chi connectivity index (χ4n) is 0.736. The molecular formula is C6H9BN2O. The number of anilines is 1. The van der Waals surface area contributed by atoms with Gasteiger partial charge in [-0.05, 0) is 11.5 Å². The molecule has 0 aliphatic carbocycles. The molecule has 3 nitrogen and oxygen atoms in total. The summed E-state index contributed by atoms with van der Waals surface area (Å²) in [7, 11) is 3.45. The average Bonchev–Trinajstić information content (AvgIpc) is 1.95. The second kappa shape index (κ2) is 2.60. The van der Waals surface area contributed by atoms with Crippen LogP contribution in [-0.2, 0) is 0 Å². The molecule has 0 bridgehead atoms. The summed E-state index contributed by atoms with van der Waals surface area (Å²) in [6.45, 7) is 0. The molecule has 0 spiro atoms. The van der Waals surface area contributed by atoms with Crippen molar-refractivity contribution in [2.24, 2.45) is 0 Å². The topological polar surface area (TPSA) is 48.1 Å². The minimum atomic E-state index is 0.597. The number of nitrogens with two attached hydrogens (primary N) is 1. The van der Waals surface area contributed by atoms with E-state index >= 15 is 0 Å². The van der Waals surface area contributed by atoms with Crippen LogP contribution in [-0.4, -0.2) is 19.9 Å². The predicted molar refractivity (Wildman–Crippen MR) is 43.4 cm³/mol. The minimum absolute atomic E-state index is 0.597. The van der Waals surface area contributed by atoms with Crippen LogP contribution < -0.4 is 15.9 Å². The highest BCUT2D eigenvalue weighted by molar-refractivity contribution is 6.37. The maximum Gasteiger partial charge on any atom is 0.208 e. The molecule has 0 aliphatic heterocycles. The quantitative estimate of drug-likeness (QED) is 0.500. The molecule has 0 fully saturated rings. The molecule has 1 rings (SSSR count). The van der Waals surface area contributed by atoms with E-state index in [9.17, 15) is 0 Å². The van der Waals surface area contributed by atoms with Crippen molar-refractivity contribution in [2.75, 3.05) is 12.8 Å². The van der Waals surface area contributed by atoms with Gasteiger partial charge in [0.25, 0.3) is 0 Å². The van der Waals surface area contributed by atoms with Crippen molar-refractivity contribution in [2.45, 2.75) is 0 Å². The molecule has 0 aromatic carbocycles. The van der Waals surface area contributed by atoms with Gasteiger partial charge >= 0.3 is 0 Å². The first-order valence-corrected chi connectivity index (χ1v) is 3.00. The molecule has 1 heterocycles. The second-order valence-electron chi connectivity index (χ2n) is 2.03. The lowest BCUT2D eigenvalue weighted by molar-refractivity contribution is 0.402. The molecule has 0 amide bonds. The van der Waals surface area contributed by atoms with Gasteiger partial charge < -0.3 is 10.5 Å². The number of methoxy groups -OCH3 is 1. The van der Waals surface area contributed by atoms with Crippen molar-refractivity contribution < 1.29 is 4.74 Å². The Bertz CT molecular complexity index is 239. The van der Waals surface area contributed by atoms with E-state index in [2.05, 4.69) is 4.98 Å². The van der Waals surface area contributed by atoms with Crippen LogP contribution in [0.1, 0.15) is 0 Å². The number of hydrogen-bond acceptors (Lipinski definition) is 3. The van der Waals surface area contributed by atoms with Crippen molar-refractivity contribution in [3.05, 3.63) is 12.3 Å². The molecule has 0 radical (unpaired) electrons. The van der Waals surface area contributed by atoms with Gasteiger partial charge in [-0.15, -0.1) is 0 Å². The largest absolute Gasteiger partial charge is 0.481 e. The van der Waals surface area contributed by atoms with E-state index in [-0.39, 0.29) is 0 Å². The van der Waals surface area contributed by atoms with Crippen LogP contribution >= 0.6 is 0 Å². The first kappa shape index (κ1) is 6.93. The summed E-state index contributed by atoms with van der Waals surface area (Å²) in [5.74, 6) is 0.597. The summed E-state index contributed by atoms with van der Waals surface area (Å²) >= 11 is 0. The standard InChI is InChI=1S/C6H9BN2O/c1-10-6-5(7)4(8)2-3-9-6/h2-3H,7H2,1H3,(H2,8,9). The Morgan fingerprint density at radius 3 is 2.90 bits per heavy atom. The molecule has 0 saturated heterocycles. The Balaban J connectivity index is 3.14. The van der Waals surface area contributed by atoms with Crippen LogP contribution in [0.25, 0.3) is 0 Å². The Labute approximate surface area is 60.6 Å². The van der Waals surface area contributed by atoms with Gasteiger partial charge in [0, 0.05) is 11.9 Å². The van der Waals surface area contributed by atoms with Crippen LogP contribution in [0.3, 0.4) is 0 Å². The first-order chi connectivity index (χ1) is 4.75. The SMILES string of the molecule is Bc1c(N)ccnc1OC. The maximum absolute atomic E-state index is 5.58. The summed E-state index contributed by atoms with van der Waals surface area (Å²) in [5.41, 5.74) is 7.18. The third-order valence-corrected chi connectivity index (χ3v) is 1.39. The molecule has 4 heteroatoms. The average molecular weight is 136 g/mol. The third kappa shape index (κ3) is 1.05. The summed E-state index contributed by atoms with van der Waals surface area (Å²) in [6, 6.07) is 1.75. The van der Waals surface area contributed by atoms with E-state index in [1.165, 1.54) is 0 Å². The van der Waals surface area contributed by atoms with Gasteiger partial charge in [-0.3, -0.25) is 0 Å². The molecule has 10 heavy (non-hydrogen) atoms. The van der Waals surface area contributed by atoms with E-state index < -0.39 is 0 Å². The number of hydrogen-bond donors (Lipinski definition) is 1. The van der Waals surface area contributed by atoms with Gasteiger partial charge in [0.2, 0.25) is 5.88 Å². The van der Waals surface area contributed by atoms with E-state index in [0.29, 0.717) is 11.6 Å². The Morgan fingerprint density at radius 1 is 1.70 bits per heavy atom. The Kier molecular flexibility index (Phi) is 1.80. The maximum atomic E-state index is 5.58. The summed E-state index contributed by atoms with van der Waals surface area (Å²) in [6.07, 6.45) is 1.63. The van der Waals surface area contributed by atoms with E-state index in [1.54, 1.807) is 19.4 Å². The molecule has 0 saturated carbocycles. The molecule has 0 aliphatic rings. The molecule has 52 valence electrons. The van der Waals surface area contributed by atoms with Gasteiger partial charge in [-0.2, -0.15) is 0 Å². The lowest BCUT2D eigenvalue weighted by Crippen LogP contribution is -2.13. The monoisotopic (exact) mass is 136 g/mol. The van der Waals surface area contributed by atoms with Crippen LogP contribution in [0.2, 0.25) is 0 Å². The lowest BCUT2D eigenvalue weighted by Gasteiger charge is -2.03. The molecule has 1 aromatic rings. The number of aromatic nitrogens is 1. The molecule has 2 N–H and O–H groups in total. The van der Waals surface area contributed by atoms with Crippen molar-refractivity contribution in [1.29, 1.82) is 0 Å². The number of nitrogen functional groups attached to an aromatic ring is 1. The number of nitrogens with zero attached hydrogens (tertiary/aromatic N) is 1. The van der Waals surface area contributed by atoms with Crippen molar-refractivity contribution >= 4 is 19.0 Å². The van der Waals surface area contributed by atoms with E-state index in [1.807, 2.05) is 7.85 Å². The van der Waals surface area contributed by atoms with Gasteiger partial charge in [-0.25, -0.2) is 4.98 Å². The highest BCUT2D eigenvalue weighted by Gasteiger charge is 1.99. The minimum Gasteiger partial charge on any atom is -0.481 e. The van der Waals surface area contributed by atoms with Crippen molar-refractivity contribution in [1.82, 2.24) is 4.98 Å². The van der Waals surface area contributed by atoms with Gasteiger partial charge in [0.05, 0.1) is 7.11 Å². The fraction of sp³-hybridized carbons (Fsp3) is 0.167. The van der Waals surface area contributed by atoms with Crippen molar-refractivity contribution in [3.63, 3.8) is 0 Å². The highest BCUT2D eigenvalue weighted by Crippen LogP contribution is 2.03. The number of ether oxygens (including phenoxy) is 1. The number of pyridine rings is 1. The zero-order valence-electron chi connectivity index (χ0n) is 6.09. The summed E-state index contributed by atoms with van der Waals surface area (Å²) in [5, 5.41) is 0.